The van der Waals surface area contributed by atoms with E-state index in [-0.39, 0.29) is 0 Å². The van der Waals surface area contributed by atoms with E-state index in [1.165, 1.54) is 78.5 Å². The van der Waals surface area contributed by atoms with Gasteiger partial charge in [-0.15, -0.1) is 0 Å². The molecule has 5 rings (SSSR count). The first kappa shape index (κ1) is 20.8. The van der Waals surface area contributed by atoms with E-state index in [1.54, 1.807) is 0 Å². The maximum absolute atomic E-state index is 6.22. The summed E-state index contributed by atoms with van der Waals surface area (Å²) in [5, 5.41) is 0. The van der Waals surface area contributed by atoms with Crippen molar-refractivity contribution in [3.05, 3.63) is 62.7 Å². The predicted molar refractivity (Wildman–Crippen MR) is 131 cm³/mol. The number of likely N-dealkylation sites (tertiary alicyclic amines) is 1. The minimum absolute atomic E-state index is 0.472. The lowest BCUT2D eigenvalue weighted by molar-refractivity contribution is 0.204. The van der Waals surface area contributed by atoms with Crippen molar-refractivity contribution < 1.29 is 4.74 Å². The number of hydrogen-bond acceptors (Lipinski definition) is 3. The summed E-state index contributed by atoms with van der Waals surface area (Å²) >= 11 is 2.40. The SMILES string of the molecule is Ic1ccc([C@H]2CN3CCC[C@H]3c3cc(OCCCN4CCCCC4)ccc32)cc1. The second-order valence-electron chi connectivity index (χ2n) is 9.15. The van der Waals surface area contributed by atoms with E-state index in [9.17, 15) is 0 Å². The van der Waals surface area contributed by atoms with E-state index in [2.05, 4.69) is 74.9 Å². The van der Waals surface area contributed by atoms with Crippen LogP contribution in [0.1, 0.15) is 67.2 Å². The van der Waals surface area contributed by atoms with Gasteiger partial charge in [-0.1, -0.05) is 24.6 Å². The summed E-state index contributed by atoms with van der Waals surface area (Å²) in [6.45, 7) is 6.92. The first-order chi connectivity index (χ1) is 14.8. The monoisotopic (exact) mass is 516 g/mol. The molecule has 3 nitrogen and oxygen atoms in total. The van der Waals surface area contributed by atoms with Crippen LogP contribution in [0.3, 0.4) is 0 Å². The van der Waals surface area contributed by atoms with Crippen molar-refractivity contribution in [2.24, 2.45) is 0 Å². The van der Waals surface area contributed by atoms with Crippen LogP contribution >= 0.6 is 22.6 Å². The third kappa shape index (κ3) is 4.56. The van der Waals surface area contributed by atoms with Crippen LogP contribution in [0.25, 0.3) is 0 Å². The zero-order valence-corrected chi connectivity index (χ0v) is 20.0. The molecule has 3 aliphatic rings. The van der Waals surface area contributed by atoms with Gasteiger partial charge in [0.05, 0.1) is 6.61 Å². The molecule has 2 aromatic carbocycles. The topological polar surface area (TPSA) is 15.7 Å². The van der Waals surface area contributed by atoms with Gasteiger partial charge in [0.25, 0.3) is 0 Å². The van der Waals surface area contributed by atoms with Gasteiger partial charge in [-0.05, 0) is 115 Å². The van der Waals surface area contributed by atoms with Crippen LogP contribution in [-0.2, 0) is 0 Å². The third-order valence-corrected chi connectivity index (χ3v) is 7.90. The highest BCUT2D eigenvalue weighted by Gasteiger charge is 2.36. The van der Waals surface area contributed by atoms with Crippen molar-refractivity contribution in [2.45, 2.75) is 50.5 Å². The van der Waals surface area contributed by atoms with E-state index in [0.717, 1.165) is 25.3 Å². The van der Waals surface area contributed by atoms with Crippen molar-refractivity contribution in [2.75, 3.05) is 39.3 Å². The van der Waals surface area contributed by atoms with Gasteiger partial charge in [0.2, 0.25) is 0 Å². The Morgan fingerprint density at radius 3 is 2.57 bits per heavy atom. The first-order valence-corrected chi connectivity index (χ1v) is 12.8. The predicted octanol–water partition coefficient (Wildman–Crippen LogP) is 5.83. The third-order valence-electron chi connectivity index (χ3n) is 7.18. The summed E-state index contributed by atoms with van der Waals surface area (Å²) in [6.07, 6.45) is 7.85. The van der Waals surface area contributed by atoms with Gasteiger partial charge in [0.1, 0.15) is 5.75 Å². The van der Waals surface area contributed by atoms with Crippen molar-refractivity contribution in [1.29, 1.82) is 0 Å². The average Bonchev–Trinajstić information content (AvgIpc) is 3.26. The lowest BCUT2D eigenvalue weighted by atomic mass is 9.81. The minimum atomic E-state index is 0.472. The Balaban J connectivity index is 1.29. The molecule has 0 N–H and O–H groups in total. The molecule has 2 fully saturated rings. The summed E-state index contributed by atoms with van der Waals surface area (Å²) in [5.74, 6) is 1.53. The van der Waals surface area contributed by atoms with Gasteiger partial charge in [-0.3, -0.25) is 4.90 Å². The van der Waals surface area contributed by atoms with Gasteiger partial charge in [0, 0.05) is 28.6 Å². The van der Waals surface area contributed by atoms with Crippen LogP contribution in [0.5, 0.6) is 5.75 Å². The van der Waals surface area contributed by atoms with Crippen molar-refractivity contribution in [3.8, 4) is 5.75 Å². The summed E-state index contributed by atoms with van der Waals surface area (Å²) in [6, 6.07) is 16.6. The molecule has 0 amide bonds. The first-order valence-electron chi connectivity index (χ1n) is 11.8. The van der Waals surface area contributed by atoms with Gasteiger partial charge >= 0.3 is 0 Å². The molecule has 0 aliphatic carbocycles. The van der Waals surface area contributed by atoms with Crippen LogP contribution in [0, 0.1) is 3.57 Å². The van der Waals surface area contributed by atoms with Crippen LogP contribution in [0.4, 0.5) is 0 Å². The van der Waals surface area contributed by atoms with Crippen molar-refractivity contribution in [1.82, 2.24) is 9.80 Å². The minimum Gasteiger partial charge on any atom is -0.494 e. The van der Waals surface area contributed by atoms with Crippen LogP contribution in [0.15, 0.2) is 42.5 Å². The normalized spacial score (nSPS) is 24.4. The zero-order chi connectivity index (χ0) is 20.3. The smallest absolute Gasteiger partial charge is 0.119 e. The second-order valence-corrected chi connectivity index (χ2v) is 10.4. The molecule has 2 saturated heterocycles. The highest BCUT2D eigenvalue weighted by atomic mass is 127. The lowest BCUT2D eigenvalue weighted by Gasteiger charge is -2.37. The fourth-order valence-electron chi connectivity index (χ4n) is 5.62. The molecule has 0 spiro atoms. The molecule has 0 saturated carbocycles. The molecule has 0 bridgehead atoms. The molecular weight excluding hydrogens is 483 g/mol. The summed E-state index contributed by atoms with van der Waals surface area (Å²) in [5.41, 5.74) is 4.47. The molecule has 30 heavy (non-hydrogen) atoms. The van der Waals surface area contributed by atoms with E-state index in [0.29, 0.717) is 12.0 Å². The molecule has 0 radical (unpaired) electrons. The van der Waals surface area contributed by atoms with E-state index in [4.69, 9.17) is 4.74 Å². The Kier molecular flexibility index (Phi) is 6.63. The fourth-order valence-corrected chi connectivity index (χ4v) is 5.98. The summed E-state index contributed by atoms with van der Waals surface area (Å²) < 4.78 is 7.53. The number of rotatable bonds is 6. The number of halogens is 1. The van der Waals surface area contributed by atoms with Crippen molar-refractivity contribution in [3.63, 3.8) is 0 Å². The molecule has 2 aromatic rings. The highest BCUT2D eigenvalue weighted by Crippen LogP contribution is 2.45. The number of hydrogen-bond donors (Lipinski definition) is 0. The Morgan fingerprint density at radius 2 is 1.73 bits per heavy atom. The molecule has 160 valence electrons. The average molecular weight is 516 g/mol. The van der Waals surface area contributed by atoms with E-state index >= 15 is 0 Å². The Labute approximate surface area is 194 Å². The molecular formula is C26H33IN2O. The number of piperidine rings is 1. The molecule has 2 atom stereocenters. The standard InChI is InChI=1S/C26H33IN2O/c27-21-9-7-20(8-10-21)25-19-29-16-4-6-26(29)24-18-22(11-12-23(24)25)30-17-5-15-28-13-2-1-3-14-28/h7-12,18,25-26H,1-6,13-17,19H2/t25-,26+/m1/s1. The Hall–Kier alpha value is -1.11. The van der Waals surface area contributed by atoms with E-state index in [1.807, 2.05) is 0 Å². The zero-order valence-electron chi connectivity index (χ0n) is 17.9. The Morgan fingerprint density at radius 1 is 0.900 bits per heavy atom. The highest BCUT2D eigenvalue weighted by molar-refractivity contribution is 14.1. The second kappa shape index (κ2) is 9.58. The van der Waals surface area contributed by atoms with Gasteiger partial charge in [-0.25, -0.2) is 0 Å². The number of benzene rings is 2. The lowest BCUT2D eigenvalue weighted by Crippen LogP contribution is -2.34. The van der Waals surface area contributed by atoms with Crippen LogP contribution in [-0.4, -0.2) is 49.1 Å². The molecule has 0 aromatic heterocycles. The molecule has 0 unspecified atom stereocenters. The van der Waals surface area contributed by atoms with Crippen molar-refractivity contribution >= 4 is 22.6 Å². The van der Waals surface area contributed by atoms with Gasteiger partial charge in [-0.2, -0.15) is 0 Å². The van der Waals surface area contributed by atoms with E-state index < -0.39 is 0 Å². The maximum Gasteiger partial charge on any atom is 0.119 e. The number of fused-ring (bicyclic) bond motifs is 3. The summed E-state index contributed by atoms with van der Waals surface area (Å²) in [7, 11) is 0. The molecule has 3 aliphatic heterocycles. The fraction of sp³-hybridized carbons (Fsp3) is 0.538. The summed E-state index contributed by atoms with van der Waals surface area (Å²) in [4.78, 5) is 5.30. The Bertz CT molecular complexity index is 847. The van der Waals surface area contributed by atoms with Crippen LogP contribution in [0.2, 0.25) is 0 Å². The number of ether oxygens (including phenoxy) is 1. The van der Waals surface area contributed by atoms with Gasteiger partial charge < -0.3 is 9.64 Å². The molecule has 3 heterocycles. The maximum atomic E-state index is 6.22. The largest absolute Gasteiger partial charge is 0.494 e. The quantitative estimate of drug-likeness (QED) is 0.355. The number of nitrogens with zero attached hydrogens (tertiary/aromatic N) is 2. The molecule has 4 heteroatoms. The van der Waals surface area contributed by atoms with Gasteiger partial charge in [0.15, 0.2) is 0 Å². The van der Waals surface area contributed by atoms with Crippen LogP contribution < -0.4 is 4.74 Å².